The molecule has 6 heteroatoms. The lowest BCUT2D eigenvalue weighted by molar-refractivity contribution is -0.143. The number of hydrogen-bond acceptors (Lipinski definition) is 5. The lowest BCUT2D eigenvalue weighted by Gasteiger charge is -2.40. The molecular weight excluding hydrogens is 384 g/mol. The fraction of sp³-hybridized carbons (Fsp3) is 0.522. The van der Waals surface area contributed by atoms with Crippen molar-refractivity contribution in [2.24, 2.45) is 0 Å². The first kappa shape index (κ1) is 20.4. The number of rotatable bonds is 6. The minimum absolute atomic E-state index is 0.0500. The zero-order valence-corrected chi connectivity index (χ0v) is 18.9. The molecule has 0 radical (unpaired) electrons. The molecule has 2 atom stereocenters. The van der Waals surface area contributed by atoms with Gasteiger partial charge in [-0.1, -0.05) is 51.1 Å². The van der Waals surface area contributed by atoms with Gasteiger partial charge in [-0.05, 0) is 29.3 Å². The summed E-state index contributed by atoms with van der Waals surface area (Å²) >= 11 is 0. The predicted octanol–water partition coefficient (Wildman–Crippen LogP) is 4.50. The van der Waals surface area contributed by atoms with Crippen LogP contribution in [0.3, 0.4) is 0 Å². The lowest BCUT2D eigenvalue weighted by atomic mass is 9.98. The van der Waals surface area contributed by atoms with Gasteiger partial charge in [-0.3, -0.25) is 0 Å². The van der Waals surface area contributed by atoms with Crippen LogP contribution >= 0.6 is 0 Å². The number of carbonyl (C=O) groups excluding carboxylic acids is 1. The van der Waals surface area contributed by atoms with E-state index in [-0.39, 0.29) is 29.8 Å². The molecule has 29 heavy (non-hydrogen) atoms. The van der Waals surface area contributed by atoms with Gasteiger partial charge in [0.15, 0.2) is 0 Å². The Balaban J connectivity index is 1.53. The smallest absolute Gasteiger partial charge is 0.340 e. The fourth-order valence-corrected chi connectivity index (χ4v) is 4.86. The molecule has 156 valence electrons. The van der Waals surface area contributed by atoms with Gasteiger partial charge in [-0.25, -0.2) is 4.79 Å². The first-order chi connectivity index (χ1) is 13.7. The van der Waals surface area contributed by atoms with Crippen molar-refractivity contribution < 1.29 is 23.4 Å². The molecule has 0 spiro atoms. The molecule has 1 fully saturated rings. The molecule has 3 aliphatic heterocycles. The van der Waals surface area contributed by atoms with E-state index in [0.717, 1.165) is 22.5 Å². The maximum Gasteiger partial charge on any atom is 0.340 e. The molecule has 0 saturated carbocycles. The van der Waals surface area contributed by atoms with Crippen molar-refractivity contribution in [2.75, 3.05) is 13.2 Å². The molecule has 2 bridgehead atoms. The molecular formula is C23H30O5Si. The van der Waals surface area contributed by atoms with E-state index in [1.54, 1.807) is 0 Å². The Bertz CT molecular complexity index is 863. The summed E-state index contributed by atoms with van der Waals surface area (Å²) in [5.74, 6) is 0.454. The first-order valence-corrected chi connectivity index (χ1v) is 13.2. The quantitative estimate of drug-likeness (QED) is 0.390. The fourth-order valence-electron chi connectivity index (χ4n) is 3.75. The van der Waals surface area contributed by atoms with Gasteiger partial charge in [0.1, 0.15) is 18.3 Å². The van der Waals surface area contributed by atoms with E-state index in [1.165, 1.54) is 0 Å². The van der Waals surface area contributed by atoms with E-state index >= 15 is 0 Å². The molecule has 3 heterocycles. The predicted molar refractivity (Wildman–Crippen MR) is 113 cm³/mol. The Morgan fingerprint density at radius 1 is 1.14 bits per heavy atom. The number of ether oxygens (including phenoxy) is 3. The van der Waals surface area contributed by atoms with Gasteiger partial charge in [0.05, 0.1) is 25.1 Å². The summed E-state index contributed by atoms with van der Waals surface area (Å²) in [5.41, 5.74) is 3.83. The molecule has 1 aromatic rings. The highest BCUT2D eigenvalue weighted by Crippen LogP contribution is 2.47. The van der Waals surface area contributed by atoms with Gasteiger partial charge in [0.25, 0.3) is 0 Å². The standard InChI is InChI=1S/C23H30O5Si/c1-23(2,3)29(4,5)28-19-11-18-16(13-25-12-15-9-7-6-8-10-15)17-14-26-22(24)20(19)21(17)27-18/h6-10,18,21H,11-14H2,1-5H3/t18-,21-/m1/s1. The molecule has 0 aliphatic carbocycles. The third-order valence-corrected chi connectivity index (χ3v) is 10.9. The summed E-state index contributed by atoms with van der Waals surface area (Å²) in [6.07, 6.45) is 0.120. The molecule has 0 N–H and O–H groups in total. The van der Waals surface area contributed by atoms with Crippen LogP contribution in [0.1, 0.15) is 32.8 Å². The van der Waals surface area contributed by atoms with Crippen LogP contribution in [0, 0.1) is 0 Å². The van der Waals surface area contributed by atoms with Crippen LogP contribution in [0.5, 0.6) is 0 Å². The van der Waals surface area contributed by atoms with Crippen molar-refractivity contribution in [3.8, 4) is 0 Å². The highest BCUT2D eigenvalue weighted by Gasteiger charge is 2.50. The molecule has 5 nitrogen and oxygen atoms in total. The van der Waals surface area contributed by atoms with Crippen LogP contribution in [0.15, 0.2) is 52.8 Å². The zero-order chi connectivity index (χ0) is 20.8. The van der Waals surface area contributed by atoms with Crippen LogP contribution in [-0.4, -0.2) is 39.7 Å². The summed E-state index contributed by atoms with van der Waals surface area (Å²) in [7, 11) is -2.07. The number of benzene rings is 1. The third-order valence-electron chi connectivity index (χ3n) is 6.48. The van der Waals surface area contributed by atoms with E-state index in [1.807, 2.05) is 18.2 Å². The number of cyclic esters (lactones) is 1. The number of esters is 1. The highest BCUT2D eigenvalue weighted by atomic mass is 28.4. The molecule has 3 aliphatic rings. The SMILES string of the molecule is CC(C)(C)[Si](C)(C)OC1=C2C(=O)OCC3=C(COCc4ccccc4)[C@@H](C1)O[C@H]32. The molecule has 0 aromatic heterocycles. The summed E-state index contributed by atoms with van der Waals surface area (Å²) < 4.78 is 24.3. The summed E-state index contributed by atoms with van der Waals surface area (Å²) in [6.45, 7) is 12.3. The number of hydrogen-bond donors (Lipinski definition) is 0. The van der Waals surface area contributed by atoms with E-state index in [9.17, 15) is 4.79 Å². The second kappa shape index (κ2) is 7.42. The van der Waals surface area contributed by atoms with E-state index in [0.29, 0.717) is 25.2 Å². The third kappa shape index (κ3) is 3.81. The minimum atomic E-state index is -2.07. The normalized spacial score (nSPS) is 24.1. The van der Waals surface area contributed by atoms with Crippen LogP contribution < -0.4 is 0 Å². The van der Waals surface area contributed by atoms with Crippen molar-refractivity contribution in [2.45, 2.75) is 64.1 Å². The molecule has 0 unspecified atom stereocenters. The minimum Gasteiger partial charge on any atom is -0.546 e. The highest BCUT2D eigenvalue weighted by molar-refractivity contribution is 6.74. The van der Waals surface area contributed by atoms with Crippen LogP contribution in [0.25, 0.3) is 0 Å². The Labute approximate surface area is 173 Å². The molecule has 1 aromatic carbocycles. The largest absolute Gasteiger partial charge is 0.546 e. The average Bonchev–Trinajstić information content (AvgIpc) is 2.95. The van der Waals surface area contributed by atoms with Gasteiger partial charge in [-0.2, -0.15) is 0 Å². The van der Waals surface area contributed by atoms with Gasteiger partial charge >= 0.3 is 5.97 Å². The van der Waals surface area contributed by atoms with Crippen molar-refractivity contribution in [3.63, 3.8) is 0 Å². The second-order valence-corrected chi connectivity index (χ2v) is 14.2. The Kier molecular flexibility index (Phi) is 5.21. The number of fused-ring (bicyclic) bond motifs is 1. The van der Waals surface area contributed by atoms with Crippen molar-refractivity contribution in [3.05, 3.63) is 58.4 Å². The van der Waals surface area contributed by atoms with E-state index < -0.39 is 8.32 Å². The lowest BCUT2D eigenvalue weighted by Crippen LogP contribution is -2.43. The molecule has 4 rings (SSSR count). The maximum atomic E-state index is 12.6. The van der Waals surface area contributed by atoms with Crippen LogP contribution in [-0.2, 0) is 30.0 Å². The van der Waals surface area contributed by atoms with Crippen molar-refractivity contribution in [1.82, 2.24) is 0 Å². The summed E-state index contributed by atoms with van der Waals surface area (Å²) in [5, 5.41) is 0.0500. The summed E-state index contributed by atoms with van der Waals surface area (Å²) in [4.78, 5) is 12.6. The van der Waals surface area contributed by atoms with Gasteiger partial charge in [0, 0.05) is 12.0 Å². The molecule has 0 amide bonds. The van der Waals surface area contributed by atoms with E-state index in [4.69, 9.17) is 18.6 Å². The van der Waals surface area contributed by atoms with E-state index in [2.05, 4.69) is 46.0 Å². The first-order valence-electron chi connectivity index (χ1n) is 10.3. The Morgan fingerprint density at radius 3 is 2.55 bits per heavy atom. The second-order valence-electron chi connectivity index (χ2n) is 9.51. The van der Waals surface area contributed by atoms with Gasteiger partial charge in [-0.15, -0.1) is 0 Å². The zero-order valence-electron chi connectivity index (χ0n) is 17.9. The maximum absolute atomic E-state index is 12.6. The summed E-state index contributed by atoms with van der Waals surface area (Å²) in [6, 6.07) is 10.1. The monoisotopic (exact) mass is 414 g/mol. The van der Waals surface area contributed by atoms with Crippen LogP contribution in [0.4, 0.5) is 0 Å². The number of carbonyl (C=O) groups is 1. The molecule has 1 saturated heterocycles. The van der Waals surface area contributed by atoms with Crippen molar-refractivity contribution >= 4 is 14.3 Å². The topological polar surface area (TPSA) is 54.0 Å². The Hall–Kier alpha value is -1.89. The van der Waals surface area contributed by atoms with Gasteiger partial charge < -0.3 is 18.6 Å². The average molecular weight is 415 g/mol. The Morgan fingerprint density at radius 2 is 1.86 bits per heavy atom. The van der Waals surface area contributed by atoms with Crippen molar-refractivity contribution in [1.29, 1.82) is 0 Å². The van der Waals surface area contributed by atoms with Crippen LogP contribution in [0.2, 0.25) is 18.1 Å². The van der Waals surface area contributed by atoms with Gasteiger partial charge in [0.2, 0.25) is 8.32 Å².